The molecular formula is C26H23B4N5O4. The summed E-state index contributed by atoms with van der Waals surface area (Å²) in [5.41, 5.74) is 7.07. The molecule has 8 radical (unpaired) electrons. The lowest BCUT2D eigenvalue weighted by Gasteiger charge is -2.31. The molecule has 0 aliphatic carbocycles. The Morgan fingerprint density at radius 2 is 1.64 bits per heavy atom. The first-order chi connectivity index (χ1) is 18.6. The van der Waals surface area contributed by atoms with Crippen LogP contribution in [-0.2, 0) is 15.3 Å². The molecule has 0 aliphatic heterocycles. The van der Waals surface area contributed by atoms with Gasteiger partial charge in [-0.1, -0.05) is 30.3 Å². The van der Waals surface area contributed by atoms with Crippen LogP contribution in [0.1, 0.15) is 27.4 Å². The van der Waals surface area contributed by atoms with Crippen molar-refractivity contribution in [3.63, 3.8) is 0 Å². The Morgan fingerprint density at radius 3 is 2.38 bits per heavy atom. The molecule has 0 bridgehead atoms. The summed E-state index contributed by atoms with van der Waals surface area (Å²) in [6, 6.07) is 16.8. The molecule has 0 spiro atoms. The number of fused-ring (bicyclic) bond motifs is 1. The molecule has 4 aromatic rings. The summed E-state index contributed by atoms with van der Waals surface area (Å²) >= 11 is 0. The number of ether oxygens (including phenoxy) is 3. The van der Waals surface area contributed by atoms with Gasteiger partial charge in [-0.25, -0.2) is 9.97 Å². The number of anilines is 1. The van der Waals surface area contributed by atoms with E-state index in [-0.39, 0.29) is 23.0 Å². The van der Waals surface area contributed by atoms with Gasteiger partial charge >= 0.3 is 0 Å². The number of para-hydroxylation sites is 1. The van der Waals surface area contributed by atoms with Gasteiger partial charge < -0.3 is 25.3 Å². The lowest BCUT2D eigenvalue weighted by atomic mass is 9.49. The molecule has 0 unspecified atom stereocenters. The number of hydrogen-bond acceptors (Lipinski definition) is 8. The van der Waals surface area contributed by atoms with E-state index in [4.69, 9.17) is 51.3 Å². The molecule has 3 N–H and O–H groups in total. The van der Waals surface area contributed by atoms with Crippen LogP contribution in [0.15, 0.2) is 60.7 Å². The molecule has 1 amide bonds. The summed E-state index contributed by atoms with van der Waals surface area (Å²) in [5, 5.41) is -0.515. The number of nitrogen functional groups attached to an aromatic ring is 1. The molecule has 4 rings (SSSR count). The number of amides is 1. The van der Waals surface area contributed by atoms with Crippen molar-refractivity contribution in [2.24, 2.45) is 0 Å². The SMILES string of the molecule is [B]C([B])(NC(=O)c1nc(N)nc2c(OC)cccc12)c1cccc(C([B])([B])c2cccc(OCCOC)c2)n1. The zero-order valence-corrected chi connectivity index (χ0v) is 21.5. The predicted octanol–water partition coefficient (Wildman–Crippen LogP) is 1.06. The van der Waals surface area contributed by atoms with Crippen LogP contribution in [-0.4, -0.2) is 79.7 Å². The van der Waals surface area contributed by atoms with Crippen molar-refractivity contribution in [3.05, 3.63) is 83.3 Å². The molecule has 13 heteroatoms. The van der Waals surface area contributed by atoms with Gasteiger partial charge in [0, 0.05) is 29.2 Å². The van der Waals surface area contributed by atoms with Crippen molar-refractivity contribution < 1.29 is 19.0 Å². The summed E-state index contributed by atoms with van der Waals surface area (Å²) in [6.07, 6.45) is 0. The van der Waals surface area contributed by atoms with Gasteiger partial charge in [0.2, 0.25) is 5.95 Å². The van der Waals surface area contributed by atoms with E-state index in [0.717, 1.165) is 0 Å². The Bertz CT molecular complexity index is 1500. The quantitative estimate of drug-likeness (QED) is 0.239. The fourth-order valence-corrected chi connectivity index (χ4v) is 3.92. The number of benzene rings is 2. The molecule has 2 aromatic heterocycles. The molecule has 9 nitrogen and oxygen atoms in total. The van der Waals surface area contributed by atoms with Crippen LogP contribution < -0.4 is 20.5 Å². The maximum atomic E-state index is 13.3. The lowest BCUT2D eigenvalue weighted by molar-refractivity contribution is 0.0938. The maximum Gasteiger partial charge on any atom is 0.270 e. The molecule has 2 heterocycles. The van der Waals surface area contributed by atoms with E-state index >= 15 is 0 Å². The standard InChI is InChI=1S/C26H23B4N5O4/c1-37-12-13-39-16-7-3-6-15(14-16)25(27,28)19-10-5-11-20(32-19)26(29,30)35-23(36)22-17-8-4-9-18(38-2)21(17)33-24(31)34-22/h3-11,14H,12-13H2,1-2H3,(H,35,36)(H2,31,33,34). The Kier molecular flexibility index (Phi) is 8.20. The number of nitrogens with two attached hydrogens (primary N) is 1. The van der Waals surface area contributed by atoms with Gasteiger partial charge in [0.25, 0.3) is 5.91 Å². The first kappa shape index (κ1) is 28.0. The smallest absolute Gasteiger partial charge is 0.270 e. The lowest BCUT2D eigenvalue weighted by Crippen LogP contribution is -2.48. The van der Waals surface area contributed by atoms with Crippen molar-refractivity contribution >= 4 is 54.1 Å². The third-order valence-electron chi connectivity index (χ3n) is 5.93. The van der Waals surface area contributed by atoms with Crippen molar-refractivity contribution in [1.82, 2.24) is 20.3 Å². The summed E-state index contributed by atoms with van der Waals surface area (Å²) < 4.78 is 16.0. The summed E-state index contributed by atoms with van der Waals surface area (Å²) in [5.74, 6) is 0.161. The fraction of sp³-hybridized carbons (Fsp3) is 0.231. The van der Waals surface area contributed by atoms with E-state index in [9.17, 15) is 4.79 Å². The average molecular weight is 513 g/mol. The fourth-order valence-electron chi connectivity index (χ4n) is 3.92. The first-order valence-corrected chi connectivity index (χ1v) is 11.9. The zero-order valence-electron chi connectivity index (χ0n) is 21.5. The minimum Gasteiger partial charge on any atom is -0.494 e. The van der Waals surface area contributed by atoms with Gasteiger partial charge in [-0.2, -0.15) is 0 Å². The highest BCUT2D eigenvalue weighted by molar-refractivity contribution is 6.42. The van der Waals surface area contributed by atoms with Crippen LogP contribution in [0.25, 0.3) is 10.9 Å². The van der Waals surface area contributed by atoms with E-state index in [1.165, 1.54) is 7.11 Å². The normalized spacial score (nSPS) is 11.7. The number of carbonyl (C=O) groups excluding carboxylic acids is 1. The molecular weight excluding hydrogens is 490 g/mol. The summed E-state index contributed by atoms with van der Waals surface area (Å²) in [7, 11) is 28.8. The monoisotopic (exact) mass is 513 g/mol. The largest absolute Gasteiger partial charge is 0.494 e. The molecule has 0 fully saturated rings. The molecule has 0 saturated heterocycles. The minimum atomic E-state index is -1.93. The minimum absolute atomic E-state index is 0.0369. The predicted molar refractivity (Wildman–Crippen MR) is 151 cm³/mol. The number of nitrogens with one attached hydrogen (secondary N) is 1. The van der Waals surface area contributed by atoms with Crippen LogP contribution in [0.2, 0.25) is 0 Å². The highest BCUT2D eigenvalue weighted by atomic mass is 16.5. The van der Waals surface area contributed by atoms with Crippen molar-refractivity contribution in [3.8, 4) is 11.5 Å². The van der Waals surface area contributed by atoms with Crippen molar-refractivity contribution in [1.29, 1.82) is 0 Å². The highest BCUT2D eigenvalue weighted by Gasteiger charge is 2.29. The number of rotatable bonds is 10. The molecule has 0 saturated carbocycles. The van der Waals surface area contributed by atoms with Gasteiger partial charge in [0.15, 0.2) is 0 Å². The Hall–Kier alpha value is -3.98. The average Bonchev–Trinajstić information content (AvgIpc) is 2.92. The van der Waals surface area contributed by atoms with Gasteiger partial charge in [-0.05, 0) is 41.1 Å². The number of methoxy groups -OCH3 is 2. The maximum absolute atomic E-state index is 13.3. The zero-order chi connectivity index (χ0) is 28.2. The topological polar surface area (TPSA) is 121 Å². The summed E-state index contributed by atoms with van der Waals surface area (Å²) in [6.45, 7) is 0.786. The Morgan fingerprint density at radius 1 is 0.923 bits per heavy atom. The third kappa shape index (κ3) is 6.04. The van der Waals surface area contributed by atoms with Gasteiger partial charge in [0.1, 0.15) is 29.3 Å². The van der Waals surface area contributed by atoms with Crippen molar-refractivity contribution in [2.75, 3.05) is 33.2 Å². The second-order valence-electron chi connectivity index (χ2n) is 8.76. The van der Waals surface area contributed by atoms with E-state index in [0.29, 0.717) is 41.2 Å². The number of pyridine rings is 1. The second kappa shape index (κ2) is 11.4. The first-order valence-electron chi connectivity index (χ1n) is 11.9. The van der Waals surface area contributed by atoms with Crippen LogP contribution in [0.4, 0.5) is 5.95 Å². The van der Waals surface area contributed by atoms with Gasteiger partial charge in [0.05, 0.1) is 45.1 Å². The van der Waals surface area contributed by atoms with E-state index < -0.39 is 16.5 Å². The number of hydrogen-bond donors (Lipinski definition) is 2. The van der Waals surface area contributed by atoms with Gasteiger partial charge in [-0.15, -0.1) is 0 Å². The Labute approximate surface area is 231 Å². The van der Waals surface area contributed by atoms with Crippen LogP contribution in [0, 0.1) is 0 Å². The number of nitrogens with zero attached hydrogens (tertiary/aromatic N) is 3. The summed E-state index contributed by atoms with van der Waals surface area (Å²) in [4.78, 5) is 26.1. The van der Waals surface area contributed by atoms with Crippen LogP contribution >= 0.6 is 0 Å². The molecule has 0 aliphatic rings. The number of aromatic nitrogens is 3. The van der Waals surface area contributed by atoms with E-state index in [2.05, 4.69) is 20.3 Å². The highest BCUT2D eigenvalue weighted by Crippen LogP contribution is 2.29. The van der Waals surface area contributed by atoms with Crippen LogP contribution in [0.5, 0.6) is 11.5 Å². The van der Waals surface area contributed by atoms with Crippen molar-refractivity contribution in [2.45, 2.75) is 10.6 Å². The second-order valence-corrected chi connectivity index (χ2v) is 8.76. The molecule has 39 heavy (non-hydrogen) atoms. The number of carbonyl (C=O) groups is 1. The Balaban J connectivity index is 1.62. The molecule has 2 aromatic carbocycles. The van der Waals surface area contributed by atoms with Crippen LogP contribution in [0.3, 0.4) is 0 Å². The van der Waals surface area contributed by atoms with Gasteiger partial charge in [-0.3, -0.25) is 9.78 Å². The molecule has 188 valence electrons. The van der Waals surface area contributed by atoms with E-state index in [1.54, 1.807) is 67.8 Å². The third-order valence-corrected chi connectivity index (χ3v) is 5.93. The van der Waals surface area contributed by atoms with E-state index in [1.807, 2.05) is 0 Å². The molecule has 0 atom stereocenters.